The lowest BCUT2D eigenvalue weighted by molar-refractivity contribution is 0.0256. The maximum Gasteiger partial charge on any atom is 0.410 e. The predicted molar refractivity (Wildman–Crippen MR) is 127 cm³/mol. The van der Waals surface area contributed by atoms with Crippen molar-refractivity contribution in [3.05, 3.63) is 39.8 Å². The van der Waals surface area contributed by atoms with E-state index in [1.54, 1.807) is 20.8 Å². The Morgan fingerprint density at radius 2 is 1.70 bits per heavy atom. The van der Waals surface area contributed by atoms with Gasteiger partial charge in [0.05, 0.1) is 6.04 Å². The fourth-order valence-corrected chi connectivity index (χ4v) is 5.77. The lowest BCUT2D eigenvalue weighted by atomic mass is 9.99. The van der Waals surface area contributed by atoms with Gasteiger partial charge in [0.1, 0.15) is 5.60 Å². The molecule has 1 saturated heterocycles. The molecule has 2 aliphatic carbocycles. The van der Waals surface area contributed by atoms with Crippen LogP contribution in [0.1, 0.15) is 68.7 Å². The molecule has 1 fully saturated rings. The molecule has 180 valence electrons. The number of fused-ring (bicyclic) bond motifs is 2. The first kappa shape index (κ1) is 23.6. The Morgan fingerprint density at radius 3 is 2.30 bits per heavy atom. The van der Waals surface area contributed by atoms with Crippen LogP contribution in [0.15, 0.2) is 17.6 Å². The van der Waals surface area contributed by atoms with Crippen LogP contribution in [-0.4, -0.2) is 43.6 Å². The van der Waals surface area contributed by atoms with Gasteiger partial charge in [0, 0.05) is 17.6 Å². The van der Waals surface area contributed by atoms with E-state index in [4.69, 9.17) is 4.74 Å². The molecule has 1 unspecified atom stereocenters. The second-order valence-electron chi connectivity index (χ2n) is 10.0. The summed E-state index contributed by atoms with van der Waals surface area (Å²) in [5.74, 6) is 0. The van der Waals surface area contributed by atoms with Crippen molar-refractivity contribution in [1.82, 2.24) is 9.62 Å². The third kappa shape index (κ3) is 5.51. The molecule has 3 amide bonds. The molecule has 2 N–H and O–H groups in total. The molecule has 1 aliphatic heterocycles. The second-order valence-corrected chi connectivity index (χ2v) is 11.6. The molecule has 0 bridgehead atoms. The zero-order valence-corrected chi connectivity index (χ0v) is 20.4. The van der Waals surface area contributed by atoms with E-state index < -0.39 is 27.7 Å². The highest BCUT2D eigenvalue weighted by Crippen LogP contribution is 2.38. The molecule has 0 saturated carbocycles. The molecule has 0 aromatic heterocycles. The van der Waals surface area contributed by atoms with Crippen LogP contribution < -0.4 is 10.0 Å². The maximum absolute atomic E-state index is 12.6. The Kier molecular flexibility index (Phi) is 6.44. The van der Waals surface area contributed by atoms with Crippen LogP contribution in [0.25, 0.3) is 0 Å². The van der Waals surface area contributed by atoms with Gasteiger partial charge >= 0.3 is 12.1 Å². The predicted octanol–water partition coefficient (Wildman–Crippen LogP) is 4.03. The van der Waals surface area contributed by atoms with Crippen molar-refractivity contribution in [2.24, 2.45) is 0 Å². The molecule has 1 atom stereocenters. The standard InChI is InChI=1S/C24H33N3O5S/c1-24(2,3)32-23(29)27-13-6-9-18(27)12-14-33(30,31)26-22(28)25-21-19-10-4-7-16(19)15-17-8-5-11-20(17)21/h12,14-15,18H,4-11,13H2,1-3H3,(H2,25,26,28). The maximum atomic E-state index is 12.6. The van der Waals surface area contributed by atoms with Crippen molar-refractivity contribution in [3.63, 3.8) is 0 Å². The number of nitrogens with one attached hydrogen (secondary N) is 2. The van der Waals surface area contributed by atoms with E-state index in [0.29, 0.717) is 13.0 Å². The van der Waals surface area contributed by atoms with Crippen molar-refractivity contribution in [2.45, 2.75) is 83.8 Å². The third-order valence-corrected chi connectivity index (χ3v) is 7.34. The monoisotopic (exact) mass is 475 g/mol. The van der Waals surface area contributed by atoms with Crippen LogP contribution >= 0.6 is 0 Å². The average molecular weight is 476 g/mol. The van der Waals surface area contributed by atoms with Crippen molar-refractivity contribution in [3.8, 4) is 0 Å². The zero-order valence-electron chi connectivity index (χ0n) is 19.6. The molecule has 0 spiro atoms. The first-order valence-corrected chi connectivity index (χ1v) is 13.3. The summed E-state index contributed by atoms with van der Waals surface area (Å²) in [4.78, 5) is 26.6. The molecule has 0 radical (unpaired) electrons. The number of nitrogens with zero attached hydrogens (tertiary/aromatic N) is 1. The topological polar surface area (TPSA) is 105 Å². The van der Waals surface area contributed by atoms with E-state index in [-0.39, 0.29) is 6.04 Å². The van der Waals surface area contributed by atoms with Crippen LogP contribution in [0.2, 0.25) is 0 Å². The second kappa shape index (κ2) is 9.00. The highest BCUT2D eigenvalue weighted by molar-refractivity contribution is 7.92. The Labute approximate surface area is 195 Å². The fourth-order valence-electron chi connectivity index (χ4n) is 5.00. The van der Waals surface area contributed by atoms with Crippen LogP contribution in [-0.2, 0) is 40.4 Å². The van der Waals surface area contributed by atoms with Crippen molar-refractivity contribution < 1.29 is 22.7 Å². The van der Waals surface area contributed by atoms with Crippen LogP contribution in [0.3, 0.4) is 0 Å². The number of amides is 3. The van der Waals surface area contributed by atoms with Crippen LogP contribution in [0.4, 0.5) is 15.3 Å². The van der Waals surface area contributed by atoms with Gasteiger partial charge in [0.2, 0.25) is 0 Å². The number of benzene rings is 1. The minimum Gasteiger partial charge on any atom is -0.444 e. The highest BCUT2D eigenvalue weighted by Gasteiger charge is 2.31. The van der Waals surface area contributed by atoms with E-state index in [1.807, 2.05) is 0 Å². The summed E-state index contributed by atoms with van der Waals surface area (Å²) >= 11 is 0. The quantitative estimate of drug-likeness (QED) is 0.684. The van der Waals surface area contributed by atoms with Crippen molar-refractivity contribution >= 4 is 27.8 Å². The Morgan fingerprint density at radius 1 is 1.06 bits per heavy atom. The number of likely N-dealkylation sites (tertiary alicyclic amines) is 1. The molecule has 33 heavy (non-hydrogen) atoms. The summed E-state index contributed by atoms with van der Waals surface area (Å²) in [7, 11) is -4.02. The molecule has 1 aromatic carbocycles. The number of urea groups is 1. The fraction of sp³-hybridized carbons (Fsp3) is 0.583. The van der Waals surface area contributed by atoms with Gasteiger partial charge in [-0.15, -0.1) is 0 Å². The number of carbonyl (C=O) groups is 2. The van der Waals surface area contributed by atoms with Crippen molar-refractivity contribution in [2.75, 3.05) is 11.9 Å². The Balaban J connectivity index is 1.42. The van der Waals surface area contributed by atoms with E-state index in [2.05, 4.69) is 16.1 Å². The third-order valence-electron chi connectivity index (χ3n) is 6.35. The SMILES string of the molecule is CC(C)(C)OC(=O)N1CCCC1C=CS(=O)(=O)NC(=O)Nc1c2c(cc3c1CCC3)CCC2. The van der Waals surface area contributed by atoms with E-state index in [1.165, 1.54) is 22.1 Å². The van der Waals surface area contributed by atoms with Crippen LogP contribution in [0.5, 0.6) is 0 Å². The number of hydrogen-bond donors (Lipinski definition) is 2. The van der Waals surface area contributed by atoms with Gasteiger partial charge in [-0.25, -0.2) is 22.7 Å². The van der Waals surface area contributed by atoms with Gasteiger partial charge in [-0.1, -0.05) is 6.07 Å². The van der Waals surface area contributed by atoms with E-state index >= 15 is 0 Å². The first-order valence-electron chi connectivity index (χ1n) is 11.7. The first-order chi connectivity index (χ1) is 15.5. The van der Waals surface area contributed by atoms with E-state index in [0.717, 1.165) is 67.2 Å². The summed E-state index contributed by atoms with van der Waals surface area (Å²) in [5, 5.41) is 3.80. The molecule has 4 rings (SSSR count). The molecule has 1 heterocycles. The average Bonchev–Trinajstić information content (AvgIpc) is 3.44. The summed E-state index contributed by atoms with van der Waals surface area (Å²) in [5.41, 5.74) is 4.96. The molecule has 8 nitrogen and oxygen atoms in total. The normalized spacial score (nSPS) is 20.1. The van der Waals surface area contributed by atoms with Gasteiger partial charge in [0.25, 0.3) is 10.0 Å². The highest BCUT2D eigenvalue weighted by atomic mass is 32.2. The number of hydrogen-bond acceptors (Lipinski definition) is 5. The van der Waals surface area contributed by atoms with Gasteiger partial charge in [-0.3, -0.25) is 0 Å². The summed E-state index contributed by atoms with van der Waals surface area (Å²) in [6.45, 7) is 5.87. The molecule has 3 aliphatic rings. The van der Waals surface area contributed by atoms with Gasteiger partial charge in [-0.05, 0) is 100 Å². The summed E-state index contributed by atoms with van der Waals surface area (Å²) in [6, 6.07) is 1.11. The number of ether oxygens (including phenoxy) is 1. The molecular formula is C24H33N3O5S. The smallest absolute Gasteiger partial charge is 0.410 e. The van der Waals surface area contributed by atoms with Crippen molar-refractivity contribution in [1.29, 1.82) is 0 Å². The lowest BCUT2D eigenvalue weighted by Crippen LogP contribution is -2.39. The van der Waals surface area contributed by atoms with Gasteiger partial charge in [-0.2, -0.15) is 0 Å². The molecule has 9 heteroatoms. The van der Waals surface area contributed by atoms with E-state index in [9.17, 15) is 18.0 Å². The van der Waals surface area contributed by atoms with Gasteiger partial charge < -0.3 is 15.0 Å². The molecule has 1 aromatic rings. The summed E-state index contributed by atoms with van der Waals surface area (Å²) < 4.78 is 32.6. The molecular weight excluding hydrogens is 442 g/mol. The Bertz CT molecular complexity index is 1060. The lowest BCUT2D eigenvalue weighted by Gasteiger charge is -2.27. The zero-order chi connectivity index (χ0) is 23.8. The largest absolute Gasteiger partial charge is 0.444 e. The number of aryl methyl sites for hydroxylation is 2. The number of carbonyl (C=O) groups excluding carboxylic acids is 2. The van der Waals surface area contributed by atoms with Crippen LogP contribution in [0, 0.1) is 0 Å². The number of rotatable bonds is 4. The van der Waals surface area contributed by atoms with Gasteiger partial charge in [0.15, 0.2) is 0 Å². The number of sulfonamides is 1. The minimum absolute atomic E-state index is 0.389. The summed E-state index contributed by atoms with van der Waals surface area (Å²) in [6.07, 6.45) is 8.25. The number of anilines is 1. The Hall–Kier alpha value is -2.55. The minimum atomic E-state index is -4.02.